The molecular formula is C17H17NO2. The summed E-state index contributed by atoms with van der Waals surface area (Å²) in [5.41, 5.74) is 4.71. The Bertz CT molecular complexity index is 622. The van der Waals surface area contributed by atoms with E-state index in [1.54, 1.807) is 0 Å². The number of carbonyl (C=O) groups excluding carboxylic acids is 1. The van der Waals surface area contributed by atoms with Crippen LogP contribution in [0.3, 0.4) is 0 Å². The van der Waals surface area contributed by atoms with Crippen molar-refractivity contribution < 1.29 is 9.53 Å². The zero-order valence-corrected chi connectivity index (χ0v) is 11.4. The van der Waals surface area contributed by atoms with Gasteiger partial charge in [0.1, 0.15) is 0 Å². The third-order valence-corrected chi connectivity index (χ3v) is 3.78. The van der Waals surface area contributed by atoms with E-state index in [0.29, 0.717) is 6.42 Å². The van der Waals surface area contributed by atoms with Gasteiger partial charge in [0.15, 0.2) is 0 Å². The number of hydrogen-bond acceptors (Lipinski definition) is 3. The van der Waals surface area contributed by atoms with Crippen LogP contribution in [0.4, 0.5) is 5.69 Å². The molecule has 0 fully saturated rings. The molecule has 1 atom stereocenters. The summed E-state index contributed by atoms with van der Waals surface area (Å²) >= 11 is 0. The molecule has 0 bridgehead atoms. The van der Waals surface area contributed by atoms with Crippen molar-refractivity contribution >= 4 is 11.7 Å². The van der Waals surface area contributed by atoms with E-state index in [1.165, 1.54) is 23.8 Å². The van der Waals surface area contributed by atoms with Crippen molar-refractivity contribution in [2.75, 3.05) is 19.0 Å². The topological polar surface area (TPSA) is 38.3 Å². The normalized spacial score (nSPS) is 16.4. The Morgan fingerprint density at radius 1 is 1.20 bits per heavy atom. The van der Waals surface area contributed by atoms with Crippen LogP contribution in [-0.2, 0) is 9.53 Å². The first-order valence-corrected chi connectivity index (χ1v) is 6.78. The molecule has 20 heavy (non-hydrogen) atoms. The third kappa shape index (κ3) is 2.39. The monoisotopic (exact) mass is 267 g/mol. The van der Waals surface area contributed by atoms with Crippen LogP contribution in [0.25, 0.3) is 11.1 Å². The van der Waals surface area contributed by atoms with Gasteiger partial charge in [-0.1, -0.05) is 36.4 Å². The minimum atomic E-state index is -0.158. The summed E-state index contributed by atoms with van der Waals surface area (Å²) in [4.78, 5) is 11.5. The predicted molar refractivity (Wildman–Crippen MR) is 79.7 cm³/mol. The van der Waals surface area contributed by atoms with Crippen molar-refractivity contribution in [3.05, 3.63) is 54.1 Å². The number of methoxy groups -OCH3 is 1. The highest BCUT2D eigenvalue weighted by molar-refractivity contribution is 5.75. The maximum atomic E-state index is 11.5. The summed E-state index contributed by atoms with van der Waals surface area (Å²) < 4.78 is 4.78. The lowest BCUT2D eigenvalue weighted by Crippen LogP contribution is -2.10. The second-order valence-electron chi connectivity index (χ2n) is 5.03. The van der Waals surface area contributed by atoms with Crippen molar-refractivity contribution in [2.24, 2.45) is 0 Å². The van der Waals surface area contributed by atoms with Gasteiger partial charge in [-0.15, -0.1) is 0 Å². The smallest absolute Gasteiger partial charge is 0.306 e. The summed E-state index contributed by atoms with van der Waals surface area (Å²) in [6.45, 7) is 0.794. The van der Waals surface area contributed by atoms with E-state index >= 15 is 0 Å². The molecule has 0 saturated heterocycles. The molecule has 0 saturated carbocycles. The predicted octanol–water partition coefficient (Wildman–Crippen LogP) is 3.43. The number of nitrogens with one attached hydrogen (secondary N) is 1. The van der Waals surface area contributed by atoms with Crippen molar-refractivity contribution in [1.82, 2.24) is 0 Å². The summed E-state index contributed by atoms with van der Waals surface area (Å²) in [7, 11) is 1.44. The maximum Gasteiger partial charge on any atom is 0.306 e. The average Bonchev–Trinajstić information content (AvgIpc) is 2.90. The van der Waals surface area contributed by atoms with Crippen molar-refractivity contribution in [2.45, 2.75) is 12.3 Å². The lowest BCUT2D eigenvalue weighted by atomic mass is 9.94. The van der Waals surface area contributed by atoms with E-state index in [2.05, 4.69) is 35.6 Å². The average molecular weight is 267 g/mol. The van der Waals surface area contributed by atoms with Crippen LogP contribution in [0.15, 0.2) is 48.5 Å². The second-order valence-corrected chi connectivity index (χ2v) is 5.03. The number of carbonyl (C=O) groups is 1. The molecule has 2 aromatic rings. The fourth-order valence-electron chi connectivity index (χ4n) is 2.68. The van der Waals surface area contributed by atoms with Crippen molar-refractivity contribution in [3.63, 3.8) is 0 Å². The Labute approximate surface area is 118 Å². The van der Waals surface area contributed by atoms with Gasteiger partial charge in [0, 0.05) is 18.2 Å². The van der Waals surface area contributed by atoms with Crippen LogP contribution in [0, 0.1) is 0 Å². The van der Waals surface area contributed by atoms with E-state index in [9.17, 15) is 4.79 Å². The second kappa shape index (κ2) is 5.37. The van der Waals surface area contributed by atoms with Crippen LogP contribution in [0.1, 0.15) is 17.9 Å². The molecular weight excluding hydrogens is 250 g/mol. The number of benzene rings is 2. The summed E-state index contributed by atoms with van der Waals surface area (Å²) in [5.74, 6) is 0.0378. The molecule has 0 amide bonds. The SMILES string of the molecule is COC(=O)CC1CNc2ccc(-c3ccccc3)cc21. The largest absolute Gasteiger partial charge is 0.469 e. The Kier molecular flexibility index (Phi) is 3.42. The highest BCUT2D eigenvalue weighted by atomic mass is 16.5. The van der Waals surface area contributed by atoms with E-state index in [1.807, 2.05) is 18.2 Å². The fourth-order valence-corrected chi connectivity index (χ4v) is 2.68. The number of fused-ring (bicyclic) bond motifs is 1. The van der Waals surface area contributed by atoms with Gasteiger partial charge in [0.25, 0.3) is 0 Å². The number of hydrogen-bond donors (Lipinski definition) is 1. The first-order valence-electron chi connectivity index (χ1n) is 6.78. The number of anilines is 1. The van der Waals surface area contributed by atoms with Gasteiger partial charge in [0.05, 0.1) is 13.5 Å². The minimum Gasteiger partial charge on any atom is -0.469 e. The third-order valence-electron chi connectivity index (χ3n) is 3.78. The zero-order chi connectivity index (χ0) is 13.9. The van der Waals surface area contributed by atoms with Crippen LogP contribution in [0.2, 0.25) is 0 Å². The molecule has 3 nitrogen and oxygen atoms in total. The molecule has 0 spiro atoms. The Hall–Kier alpha value is -2.29. The fraction of sp³-hybridized carbons (Fsp3) is 0.235. The lowest BCUT2D eigenvalue weighted by Gasteiger charge is -2.10. The van der Waals surface area contributed by atoms with E-state index in [-0.39, 0.29) is 11.9 Å². The Morgan fingerprint density at radius 3 is 2.75 bits per heavy atom. The summed E-state index contributed by atoms with van der Waals surface area (Å²) in [6.07, 6.45) is 0.425. The highest BCUT2D eigenvalue weighted by Crippen LogP contribution is 2.36. The van der Waals surface area contributed by atoms with Gasteiger partial charge in [-0.3, -0.25) is 4.79 Å². The van der Waals surface area contributed by atoms with Gasteiger partial charge < -0.3 is 10.1 Å². The Balaban J connectivity index is 1.92. The molecule has 0 aliphatic carbocycles. The lowest BCUT2D eigenvalue weighted by molar-refractivity contribution is -0.140. The minimum absolute atomic E-state index is 0.158. The molecule has 1 N–H and O–H groups in total. The van der Waals surface area contributed by atoms with E-state index < -0.39 is 0 Å². The Morgan fingerprint density at radius 2 is 2.00 bits per heavy atom. The molecule has 1 aliphatic heterocycles. The van der Waals surface area contributed by atoms with Crippen LogP contribution in [-0.4, -0.2) is 19.6 Å². The van der Waals surface area contributed by atoms with Crippen LogP contribution < -0.4 is 5.32 Å². The van der Waals surface area contributed by atoms with Crippen LogP contribution >= 0.6 is 0 Å². The summed E-state index contributed by atoms with van der Waals surface area (Å²) in [5, 5.41) is 3.35. The molecule has 0 aromatic heterocycles. The van der Waals surface area contributed by atoms with Gasteiger partial charge in [-0.05, 0) is 28.8 Å². The maximum absolute atomic E-state index is 11.5. The quantitative estimate of drug-likeness (QED) is 0.866. The van der Waals surface area contributed by atoms with Crippen molar-refractivity contribution in [1.29, 1.82) is 0 Å². The molecule has 0 radical (unpaired) electrons. The van der Waals surface area contributed by atoms with E-state index in [4.69, 9.17) is 4.74 Å². The van der Waals surface area contributed by atoms with Gasteiger partial charge >= 0.3 is 5.97 Å². The highest BCUT2D eigenvalue weighted by Gasteiger charge is 2.25. The van der Waals surface area contributed by atoms with E-state index in [0.717, 1.165) is 12.2 Å². The zero-order valence-electron chi connectivity index (χ0n) is 11.4. The molecule has 1 aliphatic rings. The molecule has 1 unspecified atom stereocenters. The van der Waals surface area contributed by atoms with Crippen LogP contribution in [0.5, 0.6) is 0 Å². The first-order chi connectivity index (χ1) is 9.78. The first kappa shape index (κ1) is 12.7. The standard InChI is InChI=1S/C17H17NO2/c1-20-17(19)10-14-11-18-16-8-7-13(9-15(14)16)12-5-3-2-4-6-12/h2-9,14,18H,10-11H2,1H3. The number of rotatable bonds is 3. The summed E-state index contributed by atoms with van der Waals surface area (Å²) in [6, 6.07) is 16.7. The number of ether oxygens (including phenoxy) is 1. The van der Waals surface area contributed by atoms with Gasteiger partial charge in [-0.2, -0.15) is 0 Å². The van der Waals surface area contributed by atoms with Gasteiger partial charge in [0.2, 0.25) is 0 Å². The molecule has 1 heterocycles. The van der Waals surface area contributed by atoms with Crippen molar-refractivity contribution in [3.8, 4) is 11.1 Å². The number of esters is 1. The molecule has 3 heteroatoms. The molecule has 3 rings (SSSR count). The molecule has 102 valence electrons. The molecule has 2 aromatic carbocycles. The van der Waals surface area contributed by atoms with Gasteiger partial charge in [-0.25, -0.2) is 0 Å².